The number of fused-ring (bicyclic) bond motifs is 1. The lowest BCUT2D eigenvalue weighted by atomic mass is 10.1. The van der Waals surface area contributed by atoms with E-state index in [-0.39, 0.29) is 6.42 Å². The quantitative estimate of drug-likeness (QED) is 0.494. The molecule has 2 aromatic heterocycles. The first kappa shape index (κ1) is 19.4. The number of benzene rings is 2. The van der Waals surface area contributed by atoms with Crippen molar-refractivity contribution >= 4 is 16.9 Å². The Balaban J connectivity index is 1.36. The fourth-order valence-electron chi connectivity index (χ4n) is 3.81. The van der Waals surface area contributed by atoms with Crippen molar-refractivity contribution in [2.24, 2.45) is 0 Å². The van der Waals surface area contributed by atoms with Gasteiger partial charge in [-0.05, 0) is 35.4 Å². The minimum atomic E-state index is -0.868. The SMILES string of the molecule is O=C(O)Cc1ccc2[nH]nc(-c3cn(-c4ccc(CN5CCOCC5)cc4)nn3)c2c1. The summed E-state index contributed by atoms with van der Waals surface area (Å²) < 4.78 is 7.12. The summed E-state index contributed by atoms with van der Waals surface area (Å²) in [6.45, 7) is 4.41. The van der Waals surface area contributed by atoms with Crippen LogP contribution in [0.15, 0.2) is 48.7 Å². The molecule has 31 heavy (non-hydrogen) atoms. The maximum Gasteiger partial charge on any atom is 0.307 e. The van der Waals surface area contributed by atoms with E-state index in [1.165, 1.54) is 5.56 Å². The molecular formula is C22H22N6O3. The third-order valence-corrected chi connectivity index (χ3v) is 5.43. The van der Waals surface area contributed by atoms with Crippen molar-refractivity contribution in [2.75, 3.05) is 26.3 Å². The summed E-state index contributed by atoms with van der Waals surface area (Å²) in [5.41, 5.74) is 4.97. The molecule has 1 saturated heterocycles. The van der Waals surface area contributed by atoms with Gasteiger partial charge in [-0.25, -0.2) is 4.68 Å². The topological polar surface area (TPSA) is 109 Å². The van der Waals surface area contributed by atoms with E-state index in [1.807, 2.05) is 30.5 Å². The largest absolute Gasteiger partial charge is 0.481 e. The highest BCUT2D eigenvalue weighted by Crippen LogP contribution is 2.26. The average Bonchev–Trinajstić information content (AvgIpc) is 3.41. The van der Waals surface area contributed by atoms with Crippen LogP contribution in [0, 0.1) is 0 Å². The van der Waals surface area contributed by atoms with Gasteiger partial charge < -0.3 is 9.84 Å². The minimum absolute atomic E-state index is 0.0376. The van der Waals surface area contributed by atoms with E-state index in [2.05, 4.69) is 37.5 Å². The fraction of sp³-hybridized carbons (Fsp3) is 0.273. The zero-order valence-corrected chi connectivity index (χ0v) is 16.9. The second-order valence-electron chi connectivity index (χ2n) is 7.63. The van der Waals surface area contributed by atoms with Crippen molar-refractivity contribution in [1.82, 2.24) is 30.1 Å². The van der Waals surface area contributed by atoms with Gasteiger partial charge in [-0.1, -0.05) is 23.4 Å². The molecule has 1 fully saturated rings. The van der Waals surface area contributed by atoms with Crippen molar-refractivity contribution in [1.29, 1.82) is 0 Å². The highest BCUT2D eigenvalue weighted by Gasteiger charge is 2.15. The summed E-state index contributed by atoms with van der Waals surface area (Å²) in [5, 5.41) is 25.8. The van der Waals surface area contributed by atoms with Crippen LogP contribution in [0.2, 0.25) is 0 Å². The first-order valence-electron chi connectivity index (χ1n) is 10.2. The van der Waals surface area contributed by atoms with Crippen molar-refractivity contribution < 1.29 is 14.6 Å². The van der Waals surface area contributed by atoms with Crippen molar-refractivity contribution in [3.63, 3.8) is 0 Å². The molecule has 5 rings (SSSR count). The van der Waals surface area contributed by atoms with Gasteiger partial charge in [0.25, 0.3) is 0 Å². The number of aliphatic carboxylic acids is 1. The lowest BCUT2D eigenvalue weighted by molar-refractivity contribution is -0.136. The summed E-state index contributed by atoms with van der Waals surface area (Å²) >= 11 is 0. The van der Waals surface area contributed by atoms with Gasteiger partial charge in [-0.3, -0.25) is 14.8 Å². The highest BCUT2D eigenvalue weighted by atomic mass is 16.5. The van der Waals surface area contributed by atoms with Gasteiger partial charge >= 0.3 is 5.97 Å². The number of nitrogens with zero attached hydrogens (tertiary/aromatic N) is 5. The Morgan fingerprint density at radius 2 is 1.87 bits per heavy atom. The number of aromatic nitrogens is 5. The maximum absolute atomic E-state index is 11.0. The maximum atomic E-state index is 11.0. The van der Waals surface area contributed by atoms with Crippen LogP contribution in [-0.2, 0) is 22.5 Å². The number of aromatic amines is 1. The van der Waals surface area contributed by atoms with Crippen LogP contribution >= 0.6 is 0 Å². The summed E-state index contributed by atoms with van der Waals surface area (Å²) in [6.07, 6.45) is 1.79. The van der Waals surface area contributed by atoms with Gasteiger partial charge in [0.05, 0.1) is 37.0 Å². The molecule has 0 bridgehead atoms. The second-order valence-corrected chi connectivity index (χ2v) is 7.63. The molecule has 0 radical (unpaired) electrons. The Morgan fingerprint density at radius 3 is 2.65 bits per heavy atom. The zero-order chi connectivity index (χ0) is 21.2. The van der Waals surface area contributed by atoms with Gasteiger partial charge in [0, 0.05) is 25.0 Å². The van der Waals surface area contributed by atoms with E-state index in [4.69, 9.17) is 9.84 Å². The number of hydrogen-bond acceptors (Lipinski definition) is 6. The summed E-state index contributed by atoms with van der Waals surface area (Å²) in [6, 6.07) is 13.7. The number of carbonyl (C=O) groups is 1. The molecule has 9 heteroatoms. The molecular weight excluding hydrogens is 396 g/mol. The second kappa shape index (κ2) is 8.29. The number of H-pyrrole nitrogens is 1. The average molecular weight is 418 g/mol. The van der Waals surface area contributed by atoms with Crippen LogP contribution in [0.4, 0.5) is 0 Å². The van der Waals surface area contributed by atoms with Crippen LogP contribution in [0.1, 0.15) is 11.1 Å². The van der Waals surface area contributed by atoms with Crippen LogP contribution in [-0.4, -0.2) is 67.5 Å². The molecule has 0 amide bonds. The van der Waals surface area contributed by atoms with Crippen LogP contribution < -0.4 is 0 Å². The highest BCUT2D eigenvalue weighted by molar-refractivity contribution is 5.92. The van der Waals surface area contributed by atoms with Crippen LogP contribution in [0.25, 0.3) is 28.0 Å². The van der Waals surface area contributed by atoms with E-state index >= 15 is 0 Å². The smallest absolute Gasteiger partial charge is 0.307 e. The van der Waals surface area contributed by atoms with Crippen LogP contribution in [0.3, 0.4) is 0 Å². The number of ether oxygens (including phenoxy) is 1. The van der Waals surface area contributed by atoms with Crippen molar-refractivity contribution in [2.45, 2.75) is 13.0 Å². The first-order chi connectivity index (χ1) is 15.2. The number of hydrogen-bond donors (Lipinski definition) is 2. The van der Waals surface area contributed by atoms with E-state index in [9.17, 15) is 4.79 Å². The third-order valence-electron chi connectivity index (χ3n) is 5.43. The Labute approximate surface area is 178 Å². The van der Waals surface area contributed by atoms with E-state index in [0.717, 1.165) is 49.4 Å². The van der Waals surface area contributed by atoms with Gasteiger partial charge in [-0.2, -0.15) is 5.10 Å². The van der Waals surface area contributed by atoms with Gasteiger partial charge in [-0.15, -0.1) is 5.10 Å². The first-order valence-corrected chi connectivity index (χ1v) is 10.2. The van der Waals surface area contributed by atoms with Gasteiger partial charge in [0.1, 0.15) is 11.4 Å². The molecule has 9 nitrogen and oxygen atoms in total. The number of carboxylic acid groups (broad SMARTS) is 1. The molecule has 0 unspecified atom stereocenters. The standard InChI is InChI=1S/C22H22N6O3/c29-21(30)12-16-3-6-19-18(11-16)22(25-23-19)20-14-28(26-24-20)17-4-1-15(2-5-17)13-27-7-9-31-10-8-27/h1-6,11,14H,7-10,12-13H2,(H,23,25)(H,29,30). The number of carboxylic acids is 1. The van der Waals surface area contributed by atoms with Crippen LogP contribution in [0.5, 0.6) is 0 Å². The van der Waals surface area contributed by atoms with Gasteiger partial charge in [0.15, 0.2) is 0 Å². The number of rotatable bonds is 6. The molecule has 4 aromatic rings. The molecule has 2 aromatic carbocycles. The molecule has 0 atom stereocenters. The molecule has 3 heterocycles. The monoisotopic (exact) mass is 418 g/mol. The van der Waals surface area contributed by atoms with E-state index < -0.39 is 5.97 Å². The molecule has 0 aliphatic carbocycles. The Kier molecular flexibility index (Phi) is 5.19. The summed E-state index contributed by atoms with van der Waals surface area (Å²) in [5.74, 6) is -0.868. The molecule has 0 spiro atoms. The molecule has 158 valence electrons. The normalized spacial score (nSPS) is 14.8. The summed E-state index contributed by atoms with van der Waals surface area (Å²) in [4.78, 5) is 13.4. The Morgan fingerprint density at radius 1 is 1.10 bits per heavy atom. The van der Waals surface area contributed by atoms with E-state index in [1.54, 1.807) is 10.7 Å². The number of nitrogens with one attached hydrogen (secondary N) is 1. The fourth-order valence-corrected chi connectivity index (χ4v) is 3.81. The minimum Gasteiger partial charge on any atom is -0.481 e. The molecule has 1 aliphatic heterocycles. The zero-order valence-electron chi connectivity index (χ0n) is 16.9. The van der Waals surface area contributed by atoms with Gasteiger partial charge in [0.2, 0.25) is 0 Å². The van der Waals surface area contributed by atoms with Crippen molar-refractivity contribution in [3.05, 3.63) is 59.8 Å². The van der Waals surface area contributed by atoms with E-state index in [0.29, 0.717) is 17.0 Å². The lowest BCUT2D eigenvalue weighted by Gasteiger charge is -2.26. The van der Waals surface area contributed by atoms with Crippen molar-refractivity contribution in [3.8, 4) is 17.1 Å². The predicted molar refractivity (Wildman–Crippen MR) is 114 cm³/mol. The Bertz CT molecular complexity index is 1210. The lowest BCUT2D eigenvalue weighted by Crippen LogP contribution is -2.35. The summed E-state index contributed by atoms with van der Waals surface area (Å²) in [7, 11) is 0. The predicted octanol–water partition coefficient (Wildman–Crippen LogP) is 2.27. The number of morpholine rings is 1. The molecule has 1 aliphatic rings. The molecule has 0 saturated carbocycles. The third kappa shape index (κ3) is 4.18. The Hall–Kier alpha value is -3.56. The molecule has 2 N–H and O–H groups in total.